The topological polar surface area (TPSA) is 54.0 Å². The molecule has 0 atom stereocenters. The number of carbonyl (C=O) groups is 1. The van der Waals surface area contributed by atoms with E-state index >= 15 is 0 Å². The van der Waals surface area contributed by atoms with Crippen LogP contribution < -0.4 is 10.6 Å². The summed E-state index contributed by atoms with van der Waals surface area (Å²) in [5, 5.41) is 5.96. The van der Waals surface area contributed by atoms with E-state index in [1.165, 1.54) is 0 Å². The summed E-state index contributed by atoms with van der Waals surface area (Å²) in [5.74, 6) is 0.0833. The van der Waals surface area contributed by atoms with Gasteiger partial charge in [0.25, 0.3) is 0 Å². The van der Waals surface area contributed by atoms with Gasteiger partial charge in [-0.05, 0) is 12.1 Å². The lowest BCUT2D eigenvalue weighted by Gasteiger charge is -2.35. The molecule has 4 heteroatoms. The van der Waals surface area contributed by atoms with E-state index in [0.29, 0.717) is 13.1 Å². The molecule has 1 amide bonds. The van der Waals surface area contributed by atoms with Crippen molar-refractivity contribution in [3.8, 4) is 0 Å². The van der Waals surface area contributed by atoms with E-state index in [9.17, 15) is 4.79 Å². The fourth-order valence-electron chi connectivity index (χ4n) is 1.94. The molecule has 1 aromatic rings. The molecule has 1 saturated heterocycles. The van der Waals surface area contributed by atoms with Crippen LogP contribution in [0, 0.1) is 0 Å². The summed E-state index contributed by atoms with van der Waals surface area (Å²) in [5.41, 5.74) is 1.41. The lowest BCUT2D eigenvalue weighted by molar-refractivity contribution is -0.122. The van der Waals surface area contributed by atoms with Crippen molar-refractivity contribution in [2.75, 3.05) is 18.4 Å². The van der Waals surface area contributed by atoms with Crippen LogP contribution in [0.5, 0.6) is 0 Å². The molecule has 66 valence electrons. The standard InChI is InChI=1S/C9H9N3O/c13-8-9(4-10-5-9)7-6(12-8)2-1-3-11-7/h1-3,10H,4-5H2,(H,12,13). The molecule has 2 aliphatic heterocycles. The van der Waals surface area contributed by atoms with Crippen molar-refractivity contribution >= 4 is 11.6 Å². The predicted molar refractivity (Wildman–Crippen MR) is 47.4 cm³/mol. The van der Waals surface area contributed by atoms with E-state index < -0.39 is 0 Å². The van der Waals surface area contributed by atoms with Gasteiger partial charge in [0.2, 0.25) is 5.91 Å². The molecule has 0 unspecified atom stereocenters. The van der Waals surface area contributed by atoms with Crippen LogP contribution in [-0.4, -0.2) is 24.0 Å². The summed E-state index contributed by atoms with van der Waals surface area (Å²) in [6.45, 7) is 1.42. The average molecular weight is 175 g/mol. The number of aromatic nitrogens is 1. The summed E-state index contributed by atoms with van der Waals surface area (Å²) >= 11 is 0. The van der Waals surface area contributed by atoms with Crippen LogP contribution in [0.3, 0.4) is 0 Å². The number of nitrogens with one attached hydrogen (secondary N) is 2. The van der Waals surface area contributed by atoms with E-state index in [4.69, 9.17) is 0 Å². The highest BCUT2D eigenvalue weighted by molar-refractivity contribution is 6.06. The van der Waals surface area contributed by atoms with Crippen molar-refractivity contribution in [1.82, 2.24) is 10.3 Å². The Kier molecular flexibility index (Phi) is 1.13. The molecule has 0 bridgehead atoms. The van der Waals surface area contributed by atoms with Gasteiger partial charge in [0, 0.05) is 19.3 Å². The first kappa shape index (κ1) is 7.03. The highest BCUT2D eigenvalue weighted by Gasteiger charge is 2.52. The fraction of sp³-hybridized carbons (Fsp3) is 0.333. The Labute approximate surface area is 75.4 Å². The molecule has 1 spiro atoms. The third kappa shape index (κ3) is 0.691. The molecule has 1 aromatic heterocycles. The largest absolute Gasteiger partial charge is 0.324 e. The molecule has 0 aliphatic carbocycles. The predicted octanol–water partition coefficient (Wildman–Crippen LogP) is -0.125. The average Bonchev–Trinajstić information content (AvgIpc) is 2.35. The third-order valence-electron chi connectivity index (χ3n) is 2.80. The van der Waals surface area contributed by atoms with Crippen LogP contribution in [0.25, 0.3) is 0 Å². The molecule has 2 aliphatic rings. The summed E-state index contributed by atoms with van der Waals surface area (Å²) < 4.78 is 0. The van der Waals surface area contributed by atoms with Crippen LogP contribution in [0.2, 0.25) is 0 Å². The van der Waals surface area contributed by atoms with E-state index in [1.54, 1.807) is 6.20 Å². The molecular formula is C9H9N3O. The van der Waals surface area contributed by atoms with Gasteiger partial charge in [-0.1, -0.05) is 0 Å². The Hall–Kier alpha value is -1.42. The first-order chi connectivity index (χ1) is 6.33. The van der Waals surface area contributed by atoms with Gasteiger partial charge in [0.15, 0.2) is 0 Å². The first-order valence-electron chi connectivity index (χ1n) is 4.31. The number of hydrogen-bond acceptors (Lipinski definition) is 3. The minimum absolute atomic E-state index is 0.0833. The minimum atomic E-state index is -0.364. The van der Waals surface area contributed by atoms with Crippen molar-refractivity contribution < 1.29 is 4.79 Å². The molecule has 3 heterocycles. The number of nitrogens with zero attached hydrogens (tertiary/aromatic N) is 1. The van der Waals surface area contributed by atoms with Gasteiger partial charge in [-0.3, -0.25) is 9.78 Å². The summed E-state index contributed by atoms with van der Waals surface area (Å²) in [6.07, 6.45) is 1.74. The van der Waals surface area contributed by atoms with E-state index in [0.717, 1.165) is 11.4 Å². The van der Waals surface area contributed by atoms with Crippen molar-refractivity contribution in [2.45, 2.75) is 5.41 Å². The minimum Gasteiger partial charge on any atom is -0.324 e. The fourth-order valence-corrected chi connectivity index (χ4v) is 1.94. The second kappa shape index (κ2) is 2.09. The molecular weight excluding hydrogens is 166 g/mol. The second-order valence-corrected chi connectivity index (χ2v) is 3.54. The number of hydrogen-bond donors (Lipinski definition) is 2. The van der Waals surface area contributed by atoms with Gasteiger partial charge in [-0.2, -0.15) is 0 Å². The van der Waals surface area contributed by atoms with Gasteiger partial charge < -0.3 is 10.6 Å². The molecule has 4 nitrogen and oxygen atoms in total. The molecule has 0 saturated carbocycles. The molecule has 0 radical (unpaired) electrons. The van der Waals surface area contributed by atoms with Crippen LogP contribution in [0.1, 0.15) is 5.69 Å². The lowest BCUT2D eigenvalue weighted by Crippen LogP contribution is -2.60. The Bertz CT molecular complexity index is 384. The van der Waals surface area contributed by atoms with Crippen molar-refractivity contribution in [3.05, 3.63) is 24.0 Å². The number of carbonyl (C=O) groups excluding carboxylic acids is 1. The van der Waals surface area contributed by atoms with Gasteiger partial charge in [-0.15, -0.1) is 0 Å². The number of anilines is 1. The van der Waals surface area contributed by atoms with Gasteiger partial charge in [0.1, 0.15) is 5.41 Å². The van der Waals surface area contributed by atoms with Crippen LogP contribution >= 0.6 is 0 Å². The summed E-state index contributed by atoms with van der Waals surface area (Å²) in [6, 6.07) is 3.73. The number of pyridine rings is 1. The highest BCUT2D eigenvalue weighted by atomic mass is 16.2. The van der Waals surface area contributed by atoms with Crippen LogP contribution in [0.15, 0.2) is 18.3 Å². The second-order valence-electron chi connectivity index (χ2n) is 3.54. The molecule has 0 aromatic carbocycles. The Morgan fingerprint density at radius 3 is 3.00 bits per heavy atom. The normalized spacial score (nSPS) is 22.3. The maximum atomic E-state index is 11.6. The number of amides is 1. The van der Waals surface area contributed by atoms with Crippen molar-refractivity contribution in [1.29, 1.82) is 0 Å². The van der Waals surface area contributed by atoms with Gasteiger partial charge >= 0.3 is 0 Å². The van der Waals surface area contributed by atoms with E-state index in [2.05, 4.69) is 15.6 Å². The number of rotatable bonds is 0. The zero-order valence-electron chi connectivity index (χ0n) is 7.00. The third-order valence-corrected chi connectivity index (χ3v) is 2.80. The Morgan fingerprint density at radius 2 is 2.31 bits per heavy atom. The Balaban J connectivity index is 2.20. The Morgan fingerprint density at radius 1 is 1.46 bits per heavy atom. The van der Waals surface area contributed by atoms with Crippen molar-refractivity contribution in [2.24, 2.45) is 0 Å². The molecule has 3 rings (SSSR count). The highest BCUT2D eigenvalue weighted by Crippen LogP contribution is 2.38. The SMILES string of the molecule is O=C1Nc2cccnc2C12CNC2. The zero-order chi connectivity index (χ0) is 8.89. The summed E-state index contributed by atoms with van der Waals surface area (Å²) in [7, 11) is 0. The molecule has 13 heavy (non-hydrogen) atoms. The maximum Gasteiger partial charge on any atom is 0.239 e. The van der Waals surface area contributed by atoms with Gasteiger partial charge in [0.05, 0.1) is 11.4 Å². The molecule has 2 N–H and O–H groups in total. The first-order valence-corrected chi connectivity index (χ1v) is 4.31. The van der Waals surface area contributed by atoms with E-state index in [1.807, 2.05) is 12.1 Å². The smallest absolute Gasteiger partial charge is 0.239 e. The van der Waals surface area contributed by atoms with Gasteiger partial charge in [-0.25, -0.2) is 0 Å². The van der Waals surface area contributed by atoms with Crippen molar-refractivity contribution in [3.63, 3.8) is 0 Å². The van der Waals surface area contributed by atoms with E-state index in [-0.39, 0.29) is 11.3 Å². The zero-order valence-corrected chi connectivity index (χ0v) is 7.00. The lowest BCUT2D eigenvalue weighted by atomic mass is 9.79. The number of fused-ring (bicyclic) bond motifs is 2. The summed E-state index contributed by atoms with van der Waals surface area (Å²) in [4.78, 5) is 15.9. The quantitative estimate of drug-likeness (QED) is 0.577. The monoisotopic (exact) mass is 175 g/mol. The van der Waals surface area contributed by atoms with Crippen LogP contribution in [-0.2, 0) is 10.2 Å². The van der Waals surface area contributed by atoms with Crippen LogP contribution in [0.4, 0.5) is 5.69 Å². The maximum absolute atomic E-state index is 11.6. The molecule has 1 fully saturated rings.